The normalized spacial score (nSPS) is 10.8. The van der Waals surface area contributed by atoms with E-state index in [2.05, 4.69) is 16.9 Å². The van der Waals surface area contributed by atoms with E-state index in [0.717, 1.165) is 10.7 Å². The number of nitrogens with zero attached hydrogens (tertiary/aromatic N) is 2. The maximum atomic E-state index is 12.0. The lowest BCUT2D eigenvalue weighted by Gasteiger charge is -1.99. The number of halogens is 3. The van der Waals surface area contributed by atoms with Crippen molar-refractivity contribution in [3.8, 4) is 11.8 Å². The first-order chi connectivity index (χ1) is 6.04. The minimum Gasteiger partial charge on any atom is -0.260 e. The van der Waals surface area contributed by atoms with E-state index in [9.17, 15) is 13.2 Å². The SMILES string of the molecule is CC#CCn1ccc(C(F)(F)F)n1. The highest BCUT2D eigenvalue weighted by atomic mass is 19.4. The van der Waals surface area contributed by atoms with Gasteiger partial charge < -0.3 is 0 Å². The van der Waals surface area contributed by atoms with Crippen LogP contribution < -0.4 is 0 Å². The summed E-state index contributed by atoms with van der Waals surface area (Å²) < 4.78 is 37.2. The third kappa shape index (κ3) is 2.51. The molecule has 0 aliphatic carbocycles. The van der Waals surface area contributed by atoms with E-state index in [1.807, 2.05) is 0 Å². The van der Waals surface area contributed by atoms with Crippen LogP contribution in [0, 0.1) is 11.8 Å². The molecule has 0 amide bonds. The molecule has 1 aromatic rings. The van der Waals surface area contributed by atoms with Gasteiger partial charge in [0.1, 0.15) is 6.54 Å². The molecule has 1 rings (SSSR count). The van der Waals surface area contributed by atoms with Gasteiger partial charge in [0.05, 0.1) is 0 Å². The van der Waals surface area contributed by atoms with Gasteiger partial charge in [-0.25, -0.2) is 0 Å². The molecule has 5 heteroatoms. The number of alkyl halides is 3. The summed E-state index contributed by atoms with van der Waals surface area (Å²) in [6, 6.07) is 0.928. The van der Waals surface area contributed by atoms with Gasteiger partial charge in [-0.15, -0.1) is 5.92 Å². The lowest BCUT2D eigenvalue weighted by atomic mass is 10.4. The fraction of sp³-hybridized carbons (Fsp3) is 0.375. The summed E-state index contributed by atoms with van der Waals surface area (Å²) in [7, 11) is 0. The summed E-state index contributed by atoms with van der Waals surface area (Å²) in [5, 5.41) is 3.31. The van der Waals surface area contributed by atoms with Gasteiger partial charge in [0.15, 0.2) is 5.69 Å². The van der Waals surface area contributed by atoms with Crippen molar-refractivity contribution >= 4 is 0 Å². The average molecular weight is 188 g/mol. The largest absolute Gasteiger partial charge is 0.435 e. The molecule has 2 nitrogen and oxygen atoms in total. The summed E-state index contributed by atoms with van der Waals surface area (Å²) in [6.07, 6.45) is -3.11. The van der Waals surface area contributed by atoms with E-state index in [1.54, 1.807) is 6.92 Å². The highest BCUT2D eigenvalue weighted by Gasteiger charge is 2.33. The standard InChI is InChI=1S/C8H7F3N2/c1-2-3-5-13-6-4-7(12-13)8(9,10)11/h4,6H,5H2,1H3. The van der Waals surface area contributed by atoms with Crippen molar-refractivity contribution in [2.24, 2.45) is 0 Å². The molecule has 0 aliphatic heterocycles. The monoisotopic (exact) mass is 188 g/mol. The second kappa shape index (κ2) is 3.52. The Morgan fingerprint density at radius 1 is 1.54 bits per heavy atom. The summed E-state index contributed by atoms with van der Waals surface area (Å²) in [5.74, 6) is 5.18. The molecule has 0 bridgehead atoms. The van der Waals surface area contributed by atoms with Crippen LogP contribution in [0.15, 0.2) is 12.3 Å². The molecule has 70 valence electrons. The Morgan fingerprint density at radius 2 is 2.23 bits per heavy atom. The van der Waals surface area contributed by atoms with E-state index >= 15 is 0 Å². The predicted octanol–water partition coefficient (Wildman–Crippen LogP) is 1.93. The lowest BCUT2D eigenvalue weighted by molar-refractivity contribution is -0.141. The first-order valence-electron chi connectivity index (χ1n) is 3.54. The Bertz CT molecular complexity index is 340. The predicted molar refractivity (Wildman–Crippen MR) is 40.7 cm³/mol. The Balaban J connectivity index is 2.79. The van der Waals surface area contributed by atoms with Gasteiger partial charge in [-0.05, 0) is 13.0 Å². The van der Waals surface area contributed by atoms with E-state index < -0.39 is 11.9 Å². The van der Waals surface area contributed by atoms with Crippen LogP contribution in [-0.4, -0.2) is 9.78 Å². The van der Waals surface area contributed by atoms with Gasteiger partial charge in [0.2, 0.25) is 0 Å². The molecule has 0 aliphatic rings. The topological polar surface area (TPSA) is 17.8 Å². The Morgan fingerprint density at radius 3 is 2.69 bits per heavy atom. The molecule has 0 radical (unpaired) electrons. The van der Waals surface area contributed by atoms with Gasteiger partial charge in [0.25, 0.3) is 0 Å². The second-order valence-corrected chi connectivity index (χ2v) is 2.32. The Hall–Kier alpha value is -1.44. The molecule has 1 aromatic heterocycles. The number of rotatable bonds is 1. The van der Waals surface area contributed by atoms with Crippen molar-refractivity contribution in [3.63, 3.8) is 0 Å². The molecular formula is C8H7F3N2. The molecule has 0 saturated heterocycles. The van der Waals surface area contributed by atoms with Crippen LogP contribution >= 0.6 is 0 Å². The second-order valence-electron chi connectivity index (χ2n) is 2.32. The van der Waals surface area contributed by atoms with Crippen LogP contribution in [0.25, 0.3) is 0 Å². The molecule has 1 heterocycles. The lowest BCUT2D eigenvalue weighted by Crippen LogP contribution is -2.07. The van der Waals surface area contributed by atoms with E-state index in [0.29, 0.717) is 0 Å². The minimum absolute atomic E-state index is 0.187. The van der Waals surface area contributed by atoms with Crippen LogP contribution in [0.2, 0.25) is 0 Å². The van der Waals surface area contributed by atoms with Gasteiger partial charge in [0, 0.05) is 6.20 Å². The maximum Gasteiger partial charge on any atom is 0.435 e. The van der Waals surface area contributed by atoms with Gasteiger partial charge >= 0.3 is 6.18 Å². The number of hydrogen-bond acceptors (Lipinski definition) is 1. The quantitative estimate of drug-likeness (QED) is 0.615. The number of aromatic nitrogens is 2. The highest BCUT2D eigenvalue weighted by molar-refractivity contribution is 5.05. The summed E-state index contributed by atoms with van der Waals surface area (Å²) in [6.45, 7) is 1.81. The van der Waals surface area contributed by atoms with Crippen LogP contribution in [0.5, 0.6) is 0 Å². The molecule has 0 atom stereocenters. The maximum absolute atomic E-state index is 12.0. The Labute approximate surface area is 73.4 Å². The van der Waals surface area contributed by atoms with Crippen LogP contribution in [0.1, 0.15) is 12.6 Å². The van der Waals surface area contributed by atoms with Gasteiger partial charge in [-0.3, -0.25) is 4.68 Å². The molecule has 0 saturated carbocycles. The molecule has 13 heavy (non-hydrogen) atoms. The first-order valence-corrected chi connectivity index (χ1v) is 3.54. The molecule has 0 spiro atoms. The zero-order valence-corrected chi connectivity index (χ0v) is 6.89. The van der Waals surface area contributed by atoms with Gasteiger partial charge in [-0.1, -0.05) is 5.92 Å². The third-order valence-corrected chi connectivity index (χ3v) is 1.35. The van der Waals surface area contributed by atoms with Crippen molar-refractivity contribution in [3.05, 3.63) is 18.0 Å². The fourth-order valence-corrected chi connectivity index (χ4v) is 0.761. The molecular weight excluding hydrogens is 181 g/mol. The van der Waals surface area contributed by atoms with Crippen molar-refractivity contribution in [2.45, 2.75) is 19.6 Å². The Kier molecular flexibility index (Phi) is 2.61. The van der Waals surface area contributed by atoms with E-state index in [4.69, 9.17) is 0 Å². The zero-order chi connectivity index (χ0) is 9.90. The van der Waals surface area contributed by atoms with Crippen molar-refractivity contribution in [1.29, 1.82) is 0 Å². The summed E-state index contributed by atoms with van der Waals surface area (Å²) in [4.78, 5) is 0. The number of hydrogen-bond donors (Lipinski definition) is 0. The third-order valence-electron chi connectivity index (χ3n) is 1.35. The first kappa shape index (κ1) is 9.65. The fourth-order valence-electron chi connectivity index (χ4n) is 0.761. The van der Waals surface area contributed by atoms with Gasteiger partial charge in [-0.2, -0.15) is 18.3 Å². The summed E-state index contributed by atoms with van der Waals surface area (Å²) >= 11 is 0. The van der Waals surface area contributed by atoms with Crippen LogP contribution in [-0.2, 0) is 12.7 Å². The molecule has 0 aromatic carbocycles. The van der Waals surface area contributed by atoms with Crippen molar-refractivity contribution in [2.75, 3.05) is 0 Å². The van der Waals surface area contributed by atoms with Crippen LogP contribution in [0.3, 0.4) is 0 Å². The van der Waals surface area contributed by atoms with E-state index in [1.165, 1.54) is 6.20 Å². The highest BCUT2D eigenvalue weighted by Crippen LogP contribution is 2.26. The average Bonchev–Trinajstić information content (AvgIpc) is 2.47. The van der Waals surface area contributed by atoms with E-state index in [-0.39, 0.29) is 6.54 Å². The molecule has 0 unspecified atom stereocenters. The molecule has 0 N–H and O–H groups in total. The minimum atomic E-state index is -4.37. The zero-order valence-electron chi connectivity index (χ0n) is 6.89. The van der Waals surface area contributed by atoms with Crippen molar-refractivity contribution < 1.29 is 13.2 Å². The summed E-state index contributed by atoms with van der Waals surface area (Å²) in [5.41, 5.74) is -0.884. The smallest absolute Gasteiger partial charge is 0.260 e. The van der Waals surface area contributed by atoms with Crippen molar-refractivity contribution in [1.82, 2.24) is 9.78 Å². The van der Waals surface area contributed by atoms with Crippen LogP contribution in [0.4, 0.5) is 13.2 Å². The molecule has 0 fully saturated rings.